The first-order chi connectivity index (χ1) is 12.8. The van der Waals surface area contributed by atoms with Gasteiger partial charge in [-0.2, -0.15) is 10.2 Å². The Hall–Kier alpha value is -3.80. The number of pyridine rings is 1. The molecule has 126 valence electrons. The monoisotopic (exact) mass is 341 g/mol. The van der Waals surface area contributed by atoms with E-state index in [0.717, 1.165) is 21.9 Å². The fourth-order valence-corrected chi connectivity index (χ4v) is 2.70. The minimum absolute atomic E-state index is 0.344. The van der Waals surface area contributed by atoms with Gasteiger partial charge in [-0.05, 0) is 22.9 Å². The minimum Gasteiger partial charge on any atom is -0.272 e. The molecule has 0 radical (unpaired) electrons. The molecule has 0 aliphatic carbocycles. The van der Waals surface area contributed by atoms with Crippen LogP contribution in [-0.2, 0) is 0 Å². The molecule has 0 aliphatic rings. The van der Waals surface area contributed by atoms with E-state index >= 15 is 0 Å². The van der Waals surface area contributed by atoms with Gasteiger partial charge < -0.3 is 0 Å². The highest BCUT2D eigenvalue weighted by atomic mass is 16.2. The largest absolute Gasteiger partial charge is 0.289 e. The molecule has 0 saturated heterocycles. The second-order valence-corrected chi connectivity index (χ2v) is 5.68. The van der Waals surface area contributed by atoms with Gasteiger partial charge >= 0.3 is 0 Å². The number of hydrogen-bond acceptors (Lipinski definition) is 4. The second kappa shape index (κ2) is 6.98. The molecule has 2 aromatic heterocycles. The van der Waals surface area contributed by atoms with Crippen molar-refractivity contribution < 1.29 is 4.79 Å². The van der Waals surface area contributed by atoms with Crippen LogP contribution < -0.4 is 5.43 Å². The number of nitrogens with zero attached hydrogens (tertiary/aromatic N) is 3. The molecule has 0 aliphatic heterocycles. The van der Waals surface area contributed by atoms with Crippen molar-refractivity contribution in [2.24, 2.45) is 5.10 Å². The van der Waals surface area contributed by atoms with E-state index in [9.17, 15) is 4.79 Å². The Bertz CT molecular complexity index is 1080. The average molecular weight is 341 g/mol. The molecule has 2 N–H and O–H groups in total. The summed E-state index contributed by atoms with van der Waals surface area (Å²) in [5.74, 6) is -0.357. The van der Waals surface area contributed by atoms with Crippen LogP contribution >= 0.6 is 0 Å². The van der Waals surface area contributed by atoms with E-state index in [1.165, 1.54) is 6.21 Å². The quantitative estimate of drug-likeness (QED) is 0.441. The molecule has 2 aromatic carbocycles. The van der Waals surface area contributed by atoms with Crippen molar-refractivity contribution in [2.75, 3.05) is 0 Å². The van der Waals surface area contributed by atoms with Crippen molar-refractivity contribution >= 4 is 22.9 Å². The van der Waals surface area contributed by atoms with Gasteiger partial charge in [0.2, 0.25) is 0 Å². The van der Waals surface area contributed by atoms with Crippen molar-refractivity contribution in [3.63, 3.8) is 0 Å². The Morgan fingerprint density at radius 3 is 2.85 bits per heavy atom. The zero-order chi connectivity index (χ0) is 17.8. The summed E-state index contributed by atoms with van der Waals surface area (Å²) in [6.07, 6.45) is 4.87. The Balaban J connectivity index is 1.54. The zero-order valence-corrected chi connectivity index (χ0v) is 13.8. The predicted octanol–water partition coefficient (Wildman–Crippen LogP) is 3.39. The van der Waals surface area contributed by atoms with Crippen LogP contribution in [0.25, 0.3) is 22.0 Å². The minimum atomic E-state index is -0.357. The normalized spacial score (nSPS) is 11.1. The van der Waals surface area contributed by atoms with E-state index in [1.807, 2.05) is 48.5 Å². The van der Waals surface area contributed by atoms with Gasteiger partial charge in [0.1, 0.15) is 5.69 Å². The van der Waals surface area contributed by atoms with Gasteiger partial charge in [0, 0.05) is 23.5 Å². The molecule has 6 nitrogen and oxygen atoms in total. The molecule has 0 saturated carbocycles. The highest BCUT2D eigenvalue weighted by Gasteiger charge is 2.12. The lowest BCUT2D eigenvalue weighted by Gasteiger charge is -2.02. The summed E-state index contributed by atoms with van der Waals surface area (Å²) in [7, 11) is 0. The standard InChI is InChI=1S/C20H15N5O/c26-20(25-22-13-14-5-4-10-21-12-14)19-11-18(23-24-19)17-9-3-7-15-6-1-2-8-16(15)17/h1-13H,(H,23,24)(H,25,26). The van der Waals surface area contributed by atoms with Gasteiger partial charge in [-0.1, -0.05) is 48.5 Å². The van der Waals surface area contributed by atoms with Gasteiger partial charge in [-0.25, -0.2) is 5.43 Å². The number of aromatic amines is 1. The van der Waals surface area contributed by atoms with E-state index in [0.29, 0.717) is 11.4 Å². The van der Waals surface area contributed by atoms with Crippen LogP contribution in [0.2, 0.25) is 0 Å². The maximum Gasteiger partial charge on any atom is 0.289 e. The summed E-state index contributed by atoms with van der Waals surface area (Å²) in [4.78, 5) is 16.2. The Morgan fingerprint density at radius 1 is 1.08 bits per heavy atom. The van der Waals surface area contributed by atoms with Crippen LogP contribution in [-0.4, -0.2) is 27.3 Å². The fourth-order valence-electron chi connectivity index (χ4n) is 2.70. The van der Waals surface area contributed by atoms with Gasteiger partial charge in [0.15, 0.2) is 0 Å². The summed E-state index contributed by atoms with van der Waals surface area (Å²) in [5.41, 5.74) is 5.31. The van der Waals surface area contributed by atoms with Gasteiger partial charge in [-0.3, -0.25) is 14.9 Å². The highest BCUT2D eigenvalue weighted by Crippen LogP contribution is 2.27. The van der Waals surface area contributed by atoms with E-state index < -0.39 is 0 Å². The third-order valence-electron chi connectivity index (χ3n) is 3.95. The van der Waals surface area contributed by atoms with E-state index in [4.69, 9.17) is 0 Å². The van der Waals surface area contributed by atoms with Gasteiger partial charge in [0.05, 0.1) is 11.9 Å². The molecule has 2 heterocycles. The first kappa shape index (κ1) is 15.7. The molecule has 0 fully saturated rings. The maximum atomic E-state index is 12.2. The number of nitrogens with one attached hydrogen (secondary N) is 2. The van der Waals surface area contributed by atoms with Gasteiger partial charge in [0.25, 0.3) is 5.91 Å². The Kier molecular flexibility index (Phi) is 4.22. The number of carbonyl (C=O) groups excluding carboxylic acids is 1. The molecule has 4 rings (SSSR count). The SMILES string of the molecule is O=C(NN=Cc1cccnc1)c1cc(-c2cccc3ccccc23)n[nH]1. The number of hydrogen-bond donors (Lipinski definition) is 2. The predicted molar refractivity (Wildman–Crippen MR) is 101 cm³/mol. The first-order valence-electron chi connectivity index (χ1n) is 8.08. The Labute approximate surface area is 149 Å². The number of aromatic nitrogens is 3. The molecule has 0 unspecified atom stereocenters. The van der Waals surface area contributed by atoms with Crippen LogP contribution in [0, 0.1) is 0 Å². The lowest BCUT2D eigenvalue weighted by Crippen LogP contribution is -2.18. The van der Waals surface area contributed by atoms with Crippen molar-refractivity contribution in [1.29, 1.82) is 0 Å². The van der Waals surface area contributed by atoms with Crippen molar-refractivity contribution in [3.8, 4) is 11.3 Å². The number of carbonyl (C=O) groups is 1. The average Bonchev–Trinajstić information content (AvgIpc) is 3.18. The topological polar surface area (TPSA) is 83.0 Å². The first-order valence-corrected chi connectivity index (χ1v) is 8.08. The fraction of sp³-hybridized carbons (Fsp3) is 0. The second-order valence-electron chi connectivity index (χ2n) is 5.68. The maximum absolute atomic E-state index is 12.2. The molecule has 26 heavy (non-hydrogen) atoms. The lowest BCUT2D eigenvalue weighted by molar-refractivity contribution is 0.0950. The molecular weight excluding hydrogens is 326 g/mol. The number of H-pyrrole nitrogens is 1. The molecule has 1 amide bonds. The Morgan fingerprint density at radius 2 is 1.96 bits per heavy atom. The van der Waals surface area contributed by atoms with Gasteiger partial charge in [-0.15, -0.1) is 0 Å². The van der Waals surface area contributed by atoms with E-state index in [2.05, 4.69) is 25.7 Å². The third-order valence-corrected chi connectivity index (χ3v) is 3.95. The molecular formula is C20H15N5O. The number of rotatable bonds is 4. The third kappa shape index (κ3) is 3.21. The summed E-state index contributed by atoms with van der Waals surface area (Å²) in [6.45, 7) is 0. The molecule has 6 heteroatoms. The molecule has 4 aromatic rings. The van der Waals surface area contributed by atoms with E-state index in [1.54, 1.807) is 24.5 Å². The van der Waals surface area contributed by atoms with Crippen LogP contribution in [0.1, 0.15) is 16.1 Å². The summed E-state index contributed by atoms with van der Waals surface area (Å²) in [6, 6.07) is 19.4. The molecule has 0 atom stereocenters. The van der Waals surface area contributed by atoms with Crippen molar-refractivity contribution in [3.05, 3.63) is 84.3 Å². The van der Waals surface area contributed by atoms with E-state index in [-0.39, 0.29) is 5.91 Å². The molecule has 0 bridgehead atoms. The molecule has 0 spiro atoms. The number of fused-ring (bicyclic) bond motifs is 1. The lowest BCUT2D eigenvalue weighted by atomic mass is 10.0. The van der Waals surface area contributed by atoms with Crippen LogP contribution in [0.4, 0.5) is 0 Å². The van der Waals surface area contributed by atoms with Crippen LogP contribution in [0.15, 0.2) is 78.2 Å². The summed E-state index contributed by atoms with van der Waals surface area (Å²) in [5, 5.41) is 13.2. The highest BCUT2D eigenvalue weighted by molar-refractivity contribution is 5.98. The van der Waals surface area contributed by atoms with Crippen LogP contribution in [0.3, 0.4) is 0 Å². The number of benzene rings is 2. The number of amides is 1. The zero-order valence-electron chi connectivity index (χ0n) is 13.8. The number of hydrazone groups is 1. The van der Waals surface area contributed by atoms with Crippen molar-refractivity contribution in [1.82, 2.24) is 20.6 Å². The smallest absolute Gasteiger partial charge is 0.272 e. The van der Waals surface area contributed by atoms with Crippen molar-refractivity contribution in [2.45, 2.75) is 0 Å². The summed E-state index contributed by atoms with van der Waals surface area (Å²) >= 11 is 0. The summed E-state index contributed by atoms with van der Waals surface area (Å²) < 4.78 is 0. The van der Waals surface area contributed by atoms with Crippen LogP contribution in [0.5, 0.6) is 0 Å².